The van der Waals surface area contributed by atoms with Crippen LogP contribution in [-0.2, 0) is 6.42 Å². The highest BCUT2D eigenvalue weighted by molar-refractivity contribution is 5.87. The van der Waals surface area contributed by atoms with Gasteiger partial charge in [-0.3, -0.25) is 0 Å². The lowest BCUT2D eigenvalue weighted by Gasteiger charge is -2.00. The van der Waals surface area contributed by atoms with E-state index < -0.39 is 0 Å². The number of rotatable bonds is 3. The SMILES string of the molecule is NC/C(Cc1ccccc1)=N\O. The molecule has 0 amide bonds. The Morgan fingerprint density at radius 2 is 2.00 bits per heavy atom. The molecule has 12 heavy (non-hydrogen) atoms. The van der Waals surface area contributed by atoms with Crippen molar-refractivity contribution in [2.75, 3.05) is 6.54 Å². The van der Waals surface area contributed by atoms with Crippen LogP contribution in [0, 0.1) is 0 Å². The molecule has 0 aliphatic rings. The first-order valence-corrected chi connectivity index (χ1v) is 3.80. The van der Waals surface area contributed by atoms with E-state index in [-0.39, 0.29) is 0 Å². The Balaban J connectivity index is 2.64. The van der Waals surface area contributed by atoms with Crippen molar-refractivity contribution in [3.63, 3.8) is 0 Å². The minimum Gasteiger partial charge on any atom is -0.411 e. The number of nitrogens with zero attached hydrogens (tertiary/aromatic N) is 1. The molecule has 3 heteroatoms. The molecule has 0 fully saturated rings. The zero-order valence-electron chi connectivity index (χ0n) is 6.77. The van der Waals surface area contributed by atoms with Gasteiger partial charge in [0.1, 0.15) is 0 Å². The minimum absolute atomic E-state index is 0.297. The van der Waals surface area contributed by atoms with Crippen molar-refractivity contribution >= 4 is 5.71 Å². The summed E-state index contributed by atoms with van der Waals surface area (Å²) >= 11 is 0. The van der Waals surface area contributed by atoms with Gasteiger partial charge < -0.3 is 10.9 Å². The quantitative estimate of drug-likeness (QED) is 0.398. The van der Waals surface area contributed by atoms with E-state index >= 15 is 0 Å². The molecule has 0 spiro atoms. The number of oxime groups is 1. The van der Waals surface area contributed by atoms with Gasteiger partial charge in [-0.15, -0.1) is 0 Å². The topological polar surface area (TPSA) is 58.6 Å². The molecule has 0 aliphatic carbocycles. The normalized spacial score (nSPS) is 11.6. The molecule has 0 bridgehead atoms. The van der Waals surface area contributed by atoms with E-state index in [1.807, 2.05) is 30.3 Å². The molecule has 0 unspecified atom stereocenters. The van der Waals surface area contributed by atoms with Gasteiger partial charge in [0.15, 0.2) is 0 Å². The Morgan fingerprint density at radius 1 is 1.33 bits per heavy atom. The van der Waals surface area contributed by atoms with Gasteiger partial charge in [-0.25, -0.2) is 0 Å². The number of hydrogen-bond acceptors (Lipinski definition) is 3. The van der Waals surface area contributed by atoms with Crippen LogP contribution in [-0.4, -0.2) is 17.5 Å². The first kappa shape index (κ1) is 8.74. The Hall–Kier alpha value is -1.35. The molecule has 0 radical (unpaired) electrons. The number of hydrogen-bond donors (Lipinski definition) is 2. The van der Waals surface area contributed by atoms with Crippen molar-refractivity contribution in [1.82, 2.24) is 0 Å². The van der Waals surface area contributed by atoms with Crippen LogP contribution in [0.5, 0.6) is 0 Å². The molecule has 3 nitrogen and oxygen atoms in total. The Morgan fingerprint density at radius 3 is 2.50 bits per heavy atom. The summed E-state index contributed by atoms with van der Waals surface area (Å²) in [5.41, 5.74) is 7.05. The van der Waals surface area contributed by atoms with Gasteiger partial charge in [0.2, 0.25) is 0 Å². The monoisotopic (exact) mass is 164 g/mol. The fourth-order valence-electron chi connectivity index (χ4n) is 0.980. The molecule has 1 aromatic carbocycles. The van der Waals surface area contributed by atoms with Crippen molar-refractivity contribution in [1.29, 1.82) is 0 Å². The van der Waals surface area contributed by atoms with E-state index in [0.29, 0.717) is 18.7 Å². The summed E-state index contributed by atoms with van der Waals surface area (Å²) in [7, 11) is 0. The van der Waals surface area contributed by atoms with Crippen LogP contribution in [0.4, 0.5) is 0 Å². The lowest BCUT2D eigenvalue weighted by molar-refractivity contribution is 0.317. The second-order valence-corrected chi connectivity index (χ2v) is 2.53. The molecule has 1 aromatic rings. The molecule has 0 aromatic heterocycles. The standard InChI is InChI=1S/C9H12N2O/c10-7-9(11-12)6-8-4-2-1-3-5-8/h1-5,12H,6-7,10H2/b11-9-. The summed E-state index contributed by atoms with van der Waals surface area (Å²) < 4.78 is 0. The van der Waals surface area contributed by atoms with Crippen LogP contribution in [0.1, 0.15) is 5.56 Å². The van der Waals surface area contributed by atoms with Crippen molar-refractivity contribution in [2.24, 2.45) is 10.9 Å². The van der Waals surface area contributed by atoms with Crippen LogP contribution < -0.4 is 5.73 Å². The summed E-state index contributed by atoms with van der Waals surface area (Å²) in [5.74, 6) is 0. The average Bonchev–Trinajstić information content (AvgIpc) is 2.16. The highest BCUT2D eigenvalue weighted by Gasteiger charge is 1.98. The third-order valence-corrected chi connectivity index (χ3v) is 1.63. The third-order valence-electron chi connectivity index (χ3n) is 1.63. The van der Waals surface area contributed by atoms with Gasteiger partial charge in [-0.05, 0) is 5.56 Å². The molecule has 0 aliphatic heterocycles. The highest BCUT2D eigenvalue weighted by Crippen LogP contribution is 2.00. The van der Waals surface area contributed by atoms with Gasteiger partial charge in [-0.2, -0.15) is 0 Å². The fraction of sp³-hybridized carbons (Fsp3) is 0.222. The Bertz CT molecular complexity index is 256. The molecular weight excluding hydrogens is 152 g/mol. The van der Waals surface area contributed by atoms with Crippen LogP contribution in [0.15, 0.2) is 35.5 Å². The van der Waals surface area contributed by atoms with Crippen molar-refractivity contribution in [3.05, 3.63) is 35.9 Å². The van der Waals surface area contributed by atoms with Gasteiger partial charge in [0.05, 0.1) is 5.71 Å². The number of benzene rings is 1. The maximum absolute atomic E-state index is 8.50. The van der Waals surface area contributed by atoms with E-state index in [9.17, 15) is 0 Å². The maximum Gasteiger partial charge on any atom is 0.0749 e. The zero-order valence-corrected chi connectivity index (χ0v) is 6.77. The van der Waals surface area contributed by atoms with Crippen LogP contribution in [0.25, 0.3) is 0 Å². The molecule has 0 saturated heterocycles. The Kier molecular flexibility index (Phi) is 3.29. The number of nitrogens with two attached hydrogens (primary N) is 1. The van der Waals surface area contributed by atoms with Crippen molar-refractivity contribution in [3.8, 4) is 0 Å². The second-order valence-electron chi connectivity index (χ2n) is 2.53. The van der Waals surface area contributed by atoms with E-state index in [2.05, 4.69) is 5.16 Å². The largest absolute Gasteiger partial charge is 0.411 e. The van der Waals surface area contributed by atoms with E-state index in [0.717, 1.165) is 5.56 Å². The molecule has 3 N–H and O–H groups in total. The Labute approximate surface area is 71.5 Å². The van der Waals surface area contributed by atoms with Gasteiger partial charge in [0.25, 0.3) is 0 Å². The summed E-state index contributed by atoms with van der Waals surface area (Å²) in [4.78, 5) is 0. The summed E-state index contributed by atoms with van der Waals surface area (Å²) in [6.07, 6.45) is 0.619. The van der Waals surface area contributed by atoms with E-state index in [1.165, 1.54) is 0 Å². The fourth-order valence-corrected chi connectivity index (χ4v) is 0.980. The smallest absolute Gasteiger partial charge is 0.0749 e. The maximum atomic E-state index is 8.50. The molecule has 1 rings (SSSR count). The van der Waals surface area contributed by atoms with Gasteiger partial charge >= 0.3 is 0 Å². The van der Waals surface area contributed by atoms with E-state index in [1.54, 1.807) is 0 Å². The summed E-state index contributed by atoms with van der Waals surface area (Å²) in [6, 6.07) is 9.78. The molecule has 64 valence electrons. The summed E-state index contributed by atoms with van der Waals surface area (Å²) in [5, 5.41) is 11.6. The minimum atomic E-state index is 0.297. The molecule has 0 saturated carbocycles. The van der Waals surface area contributed by atoms with Crippen LogP contribution in [0.3, 0.4) is 0 Å². The van der Waals surface area contributed by atoms with Crippen LogP contribution in [0.2, 0.25) is 0 Å². The molecular formula is C9H12N2O. The zero-order chi connectivity index (χ0) is 8.81. The lowest BCUT2D eigenvalue weighted by atomic mass is 10.1. The first-order chi connectivity index (χ1) is 5.86. The van der Waals surface area contributed by atoms with Crippen molar-refractivity contribution < 1.29 is 5.21 Å². The van der Waals surface area contributed by atoms with Crippen molar-refractivity contribution in [2.45, 2.75) is 6.42 Å². The predicted molar refractivity (Wildman–Crippen MR) is 48.4 cm³/mol. The highest BCUT2D eigenvalue weighted by atomic mass is 16.4. The van der Waals surface area contributed by atoms with E-state index in [4.69, 9.17) is 10.9 Å². The second kappa shape index (κ2) is 4.51. The summed E-state index contributed by atoms with van der Waals surface area (Å²) in [6.45, 7) is 0.297. The van der Waals surface area contributed by atoms with Crippen LogP contribution >= 0.6 is 0 Å². The van der Waals surface area contributed by atoms with Gasteiger partial charge in [0, 0.05) is 13.0 Å². The predicted octanol–water partition coefficient (Wildman–Crippen LogP) is 1.02. The lowest BCUT2D eigenvalue weighted by Crippen LogP contribution is -2.16. The van der Waals surface area contributed by atoms with Gasteiger partial charge in [-0.1, -0.05) is 35.5 Å². The molecule has 0 heterocycles. The third kappa shape index (κ3) is 2.36. The first-order valence-electron chi connectivity index (χ1n) is 3.80. The molecule has 0 atom stereocenters. The average molecular weight is 164 g/mol.